The lowest BCUT2D eigenvalue weighted by molar-refractivity contribution is 0.587. The van der Waals surface area contributed by atoms with Crippen molar-refractivity contribution in [1.82, 2.24) is 5.32 Å². The van der Waals surface area contributed by atoms with Crippen molar-refractivity contribution in [2.24, 2.45) is 0 Å². The predicted octanol–water partition coefficient (Wildman–Crippen LogP) is 4.26. The first-order chi connectivity index (χ1) is 9.61. The van der Waals surface area contributed by atoms with E-state index in [1.165, 1.54) is 49.0 Å². The van der Waals surface area contributed by atoms with Crippen LogP contribution in [-0.2, 0) is 6.54 Å². The molecule has 2 nitrogen and oxygen atoms in total. The Morgan fingerprint density at radius 3 is 2.60 bits per heavy atom. The highest BCUT2D eigenvalue weighted by Crippen LogP contribution is 2.32. The molecule has 0 bridgehead atoms. The SMILES string of the molecule is CCCCN(c1ccc(CNC(C)C)c(C)c1)C1CC1. The summed E-state index contributed by atoms with van der Waals surface area (Å²) in [5.74, 6) is 0. The largest absolute Gasteiger partial charge is 0.369 e. The molecule has 1 aromatic carbocycles. The van der Waals surface area contributed by atoms with E-state index in [2.05, 4.69) is 56.1 Å². The lowest BCUT2D eigenvalue weighted by atomic mass is 10.1. The third-order valence-corrected chi connectivity index (χ3v) is 4.10. The summed E-state index contributed by atoms with van der Waals surface area (Å²) in [5.41, 5.74) is 4.26. The number of anilines is 1. The first-order valence-electron chi connectivity index (χ1n) is 8.21. The van der Waals surface area contributed by atoms with Crippen molar-refractivity contribution in [3.8, 4) is 0 Å². The van der Waals surface area contributed by atoms with E-state index in [4.69, 9.17) is 0 Å². The predicted molar refractivity (Wildman–Crippen MR) is 88.4 cm³/mol. The first kappa shape index (κ1) is 15.4. The van der Waals surface area contributed by atoms with Gasteiger partial charge in [-0.15, -0.1) is 0 Å². The average molecular weight is 274 g/mol. The summed E-state index contributed by atoms with van der Waals surface area (Å²) in [5, 5.41) is 3.51. The molecule has 1 saturated carbocycles. The molecule has 0 spiro atoms. The van der Waals surface area contributed by atoms with Crippen LogP contribution in [0, 0.1) is 6.92 Å². The van der Waals surface area contributed by atoms with Gasteiger partial charge in [0.05, 0.1) is 0 Å². The standard InChI is InChI=1S/C18H30N2/c1-5-6-11-20(17-9-10-17)18-8-7-16(15(4)12-18)13-19-14(2)3/h7-8,12,14,17,19H,5-6,9-11,13H2,1-4H3. The minimum Gasteiger partial charge on any atom is -0.369 e. The van der Waals surface area contributed by atoms with Gasteiger partial charge < -0.3 is 10.2 Å². The number of hydrogen-bond donors (Lipinski definition) is 1. The van der Waals surface area contributed by atoms with Gasteiger partial charge in [-0.3, -0.25) is 0 Å². The zero-order valence-corrected chi connectivity index (χ0v) is 13.6. The van der Waals surface area contributed by atoms with Crippen molar-refractivity contribution < 1.29 is 0 Å². The van der Waals surface area contributed by atoms with E-state index in [1.54, 1.807) is 0 Å². The van der Waals surface area contributed by atoms with Crippen molar-refractivity contribution >= 4 is 5.69 Å². The Hall–Kier alpha value is -1.02. The van der Waals surface area contributed by atoms with Crippen LogP contribution < -0.4 is 10.2 Å². The molecular formula is C18H30N2. The van der Waals surface area contributed by atoms with Crippen LogP contribution >= 0.6 is 0 Å². The molecule has 20 heavy (non-hydrogen) atoms. The maximum atomic E-state index is 3.51. The summed E-state index contributed by atoms with van der Waals surface area (Å²) in [4.78, 5) is 2.62. The molecule has 2 rings (SSSR count). The molecule has 1 N–H and O–H groups in total. The molecule has 0 amide bonds. The number of hydrogen-bond acceptors (Lipinski definition) is 2. The lowest BCUT2D eigenvalue weighted by Crippen LogP contribution is -2.27. The van der Waals surface area contributed by atoms with Crippen molar-refractivity contribution in [1.29, 1.82) is 0 Å². The molecule has 1 aliphatic rings. The highest BCUT2D eigenvalue weighted by Gasteiger charge is 2.28. The monoisotopic (exact) mass is 274 g/mol. The second-order valence-corrected chi connectivity index (χ2v) is 6.42. The molecule has 0 unspecified atom stereocenters. The fraction of sp³-hybridized carbons (Fsp3) is 0.667. The van der Waals surface area contributed by atoms with Crippen LogP contribution in [0.25, 0.3) is 0 Å². The molecule has 0 aromatic heterocycles. The van der Waals surface area contributed by atoms with Gasteiger partial charge in [-0.05, 0) is 49.4 Å². The smallest absolute Gasteiger partial charge is 0.0371 e. The maximum absolute atomic E-state index is 3.51. The normalized spacial score (nSPS) is 14.8. The van der Waals surface area contributed by atoms with Crippen LogP contribution in [0.15, 0.2) is 18.2 Å². The Bertz CT molecular complexity index is 421. The molecule has 0 atom stereocenters. The van der Waals surface area contributed by atoms with Crippen molar-refractivity contribution in [3.63, 3.8) is 0 Å². The van der Waals surface area contributed by atoms with Gasteiger partial charge in [0.1, 0.15) is 0 Å². The van der Waals surface area contributed by atoms with E-state index in [9.17, 15) is 0 Å². The van der Waals surface area contributed by atoms with E-state index in [1.807, 2.05) is 0 Å². The fourth-order valence-corrected chi connectivity index (χ4v) is 2.61. The molecule has 1 aliphatic carbocycles. The number of nitrogens with one attached hydrogen (secondary N) is 1. The summed E-state index contributed by atoms with van der Waals surface area (Å²) in [7, 11) is 0. The second kappa shape index (κ2) is 7.12. The Kier molecular flexibility index (Phi) is 5.47. The van der Waals surface area contributed by atoms with E-state index in [0.717, 1.165) is 12.6 Å². The number of aryl methyl sites for hydroxylation is 1. The third-order valence-electron chi connectivity index (χ3n) is 4.10. The van der Waals surface area contributed by atoms with Gasteiger partial charge in [-0.1, -0.05) is 33.3 Å². The number of nitrogens with zero attached hydrogens (tertiary/aromatic N) is 1. The lowest BCUT2D eigenvalue weighted by Gasteiger charge is -2.25. The molecule has 2 heteroatoms. The Balaban J connectivity index is 2.05. The van der Waals surface area contributed by atoms with Crippen LogP contribution in [0.4, 0.5) is 5.69 Å². The van der Waals surface area contributed by atoms with E-state index in [0.29, 0.717) is 6.04 Å². The highest BCUT2D eigenvalue weighted by atomic mass is 15.2. The maximum Gasteiger partial charge on any atom is 0.0371 e. The summed E-state index contributed by atoms with van der Waals surface area (Å²) in [6.07, 6.45) is 5.32. The van der Waals surface area contributed by atoms with Crippen LogP contribution in [0.5, 0.6) is 0 Å². The highest BCUT2D eigenvalue weighted by molar-refractivity contribution is 5.52. The summed E-state index contributed by atoms with van der Waals surface area (Å²) in [6.45, 7) is 11.1. The summed E-state index contributed by atoms with van der Waals surface area (Å²) >= 11 is 0. The second-order valence-electron chi connectivity index (χ2n) is 6.42. The van der Waals surface area contributed by atoms with Gasteiger partial charge in [-0.25, -0.2) is 0 Å². The molecule has 0 radical (unpaired) electrons. The first-order valence-corrected chi connectivity index (χ1v) is 8.21. The van der Waals surface area contributed by atoms with Crippen LogP contribution in [0.3, 0.4) is 0 Å². The van der Waals surface area contributed by atoms with Gasteiger partial charge in [0.2, 0.25) is 0 Å². The molecule has 0 heterocycles. The molecule has 112 valence electrons. The number of benzene rings is 1. The fourth-order valence-electron chi connectivity index (χ4n) is 2.61. The zero-order chi connectivity index (χ0) is 14.5. The summed E-state index contributed by atoms with van der Waals surface area (Å²) < 4.78 is 0. The van der Waals surface area contributed by atoms with Crippen molar-refractivity contribution in [2.45, 2.75) is 72.0 Å². The Morgan fingerprint density at radius 2 is 2.05 bits per heavy atom. The number of unbranched alkanes of at least 4 members (excludes halogenated alkanes) is 1. The minimum absolute atomic E-state index is 0.543. The molecule has 0 aliphatic heterocycles. The van der Waals surface area contributed by atoms with Crippen molar-refractivity contribution in [3.05, 3.63) is 29.3 Å². The van der Waals surface area contributed by atoms with E-state index >= 15 is 0 Å². The molecule has 0 saturated heterocycles. The van der Waals surface area contributed by atoms with Gasteiger partial charge in [0.25, 0.3) is 0 Å². The third kappa shape index (κ3) is 4.24. The molecule has 1 fully saturated rings. The Morgan fingerprint density at radius 1 is 1.30 bits per heavy atom. The van der Waals surface area contributed by atoms with Crippen LogP contribution in [0.1, 0.15) is 57.6 Å². The van der Waals surface area contributed by atoms with Gasteiger partial charge in [0.15, 0.2) is 0 Å². The van der Waals surface area contributed by atoms with Gasteiger partial charge >= 0.3 is 0 Å². The molecular weight excluding hydrogens is 244 g/mol. The van der Waals surface area contributed by atoms with Gasteiger partial charge in [0, 0.05) is 30.9 Å². The van der Waals surface area contributed by atoms with E-state index < -0.39 is 0 Å². The minimum atomic E-state index is 0.543. The zero-order valence-electron chi connectivity index (χ0n) is 13.6. The van der Waals surface area contributed by atoms with Gasteiger partial charge in [-0.2, -0.15) is 0 Å². The van der Waals surface area contributed by atoms with Crippen molar-refractivity contribution in [2.75, 3.05) is 11.4 Å². The quantitative estimate of drug-likeness (QED) is 0.762. The van der Waals surface area contributed by atoms with Crippen LogP contribution in [0.2, 0.25) is 0 Å². The Labute approximate surface area is 124 Å². The number of rotatable bonds is 8. The summed E-state index contributed by atoms with van der Waals surface area (Å²) in [6, 6.07) is 8.35. The topological polar surface area (TPSA) is 15.3 Å². The molecule has 1 aromatic rings. The van der Waals surface area contributed by atoms with Crippen LogP contribution in [-0.4, -0.2) is 18.6 Å². The average Bonchev–Trinajstić information content (AvgIpc) is 3.22. The van der Waals surface area contributed by atoms with E-state index in [-0.39, 0.29) is 0 Å².